The van der Waals surface area contributed by atoms with Crippen LogP contribution in [0.15, 0.2) is 14.7 Å². The van der Waals surface area contributed by atoms with Crippen LogP contribution < -0.4 is 11.2 Å². The summed E-state index contributed by atoms with van der Waals surface area (Å²) in [5, 5.41) is 15.2. The van der Waals surface area contributed by atoms with E-state index in [1.54, 1.807) is 25.3 Å². The van der Waals surface area contributed by atoms with Gasteiger partial charge in [-0.05, 0) is 51.5 Å². The predicted molar refractivity (Wildman–Crippen MR) is 131 cm³/mol. The van der Waals surface area contributed by atoms with Gasteiger partial charge in [-0.2, -0.15) is 10.1 Å². The minimum Gasteiger partial charge on any atom is -0.464 e. The number of aromatic nitrogens is 2. The standard InChI is InChI=1S/C23H34N4O5S/c1-14-16(11-24-27(21(30)31)23(5,6)7)33-19-17(14)18(28)26(13-22(2,3)4)20(29)25(19)12-15-9-8-10-32-15/h11,15H,8-10,12-13H2,1-7H3,(H,30,31). The molecular weight excluding hydrogens is 444 g/mol. The monoisotopic (exact) mass is 478 g/mol. The molecule has 0 saturated carbocycles. The van der Waals surface area contributed by atoms with E-state index in [0.29, 0.717) is 40.4 Å². The van der Waals surface area contributed by atoms with Crippen molar-refractivity contribution in [1.82, 2.24) is 14.1 Å². The molecule has 0 radical (unpaired) electrons. The molecule has 0 bridgehead atoms. The Morgan fingerprint density at radius 2 is 1.91 bits per heavy atom. The summed E-state index contributed by atoms with van der Waals surface area (Å²) in [7, 11) is 0. The van der Waals surface area contributed by atoms with Crippen LogP contribution in [0.1, 0.15) is 64.8 Å². The van der Waals surface area contributed by atoms with Crippen molar-refractivity contribution < 1.29 is 14.6 Å². The quantitative estimate of drug-likeness (QED) is 0.519. The molecule has 0 aliphatic carbocycles. The average Bonchev–Trinajstić information content (AvgIpc) is 3.28. The molecule has 1 atom stereocenters. The number of rotatable bonds is 5. The molecule has 1 saturated heterocycles. The highest BCUT2D eigenvalue weighted by atomic mass is 32.1. The number of aryl methyl sites for hydroxylation is 1. The first kappa shape index (κ1) is 25.2. The second kappa shape index (κ2) is 9.06. The molecule has 1 N–H and O–H groups in total. The Kier molecular flexibility index (Phi) is 6.91. The summed E-state index contributed by atoms with van der Waals surface area (Å²) in [4.78, 5) is 39.7. The third kappa shape index (κ3) is 5.38. The summed E-state index contributed by atoms with van der Waals surface area (Å²) in [6, 6.07) is 0. The third-order valence-electron chi connectivity index (χ3n) is 5.48. The van der Waals surface area contributed by atoms with E-state index in [0.717, 1.165) is 17.9 Å². The van der Waals surface area contributed by atoms with E-state index in [2.05, 4.69) is 5.10 Å². The Bertz CT molecular complexity index is 1190. The summed E-state index contributed by atoms with van der Waals surface area (Å²) in [6.45, 7) is 14.4. The van der Waals surface area contributed by atoms with Gasteiger partial charge in [0.2, 0.25) is 0 Å². The SMILES string of the molecule is Cc1c(C=NN(C(=O)O)C(C)(C)C)sc2c1c(=O)n(CC(C)(C)C)c(=O)n2CC1CCCO1. The number of carboxylic acid groups (broad SMARTS) is 1. The third-order valence-corrected chi connectivity index (χ3v) is 6.73. The van der Waals surface area contributed by atoms with Crippen molar-refractivity contribution in [3.05, 3.63) is 31.3 Å². The lowest BCUT2D eigenvalue weighted by molar-refractivity contribution is 0.0964. The van der Waals surface area contributed by atoms with Crippen LogP contribution in [0.25, 0.3) is 10.2 Å². The topological polar surface area (TPSA) is 106 Å². The second-order valence-corrected chi connectivity index (χ2v) is 11.8. The van der Waals surface area contributed by atoms with Gasteiger partial charge in [-0.3, -0.25) is 13.9 Å². The molecule has 3 rings (SSSR count). The van der Waals surface area contributed by atoms with Crippen molar-refractivity contribution in [2.24, 2.45) is 10.5 Å². The van der Waals surface area contributed by atoms with E-state index >= 15 is 0 Å². The van der Waals surface area contributed by atoms with Crippen molar-refractivity contribution in [3.8, 4) is 0 Å². The maximum atomic E-state index is 13.4. The molecule has 1 fully saturated rings. The largest absolute Gasteiger partial charge is 0.464 e. The Hall–Kier alpha value is -2.46. The first-order valence-corrected chi connectivity index (χ1v) is 12.0. The van der Waals surface area contributed by atoms with Crippen molar-refractivity contribution in [1.29, 1.82) is 0 Å². The summed E-state index contributed by atoms with van der Waals surface area (Å²) < 4.78 is 8.73. The van der Waals surface area contributed by atoms with E-state index in [4.69, 9.17) is 4.74 Å². The highest BCUT2D eigenvalue weighted by Gasteiger charge is 2.27. The molecular formula is C23H34N4O5S. The van der Waals surface area contributed by atoms with Gasteiger partial charge < -0.3 is 9.84 Å². The summed E-state index contributed by atoms with van der Waals surface area (Å²) in [5.41, 5.74) is -0.973. The van der Waals surface area contributed by atoms with E-state index in [-0.39, 0.29) is 22.8 Å². The van der Waals surface area contributed by atoms with Crippen LogP contribution in [0.2, 0.25) is 0 Å². The minimum absolute atomic E-state index is 0.0746. The fourth-order valence-electron chi connectivity index (χ4n) is 3.92. The molecule has 1 unspecified atom stereocenters. The normalized spacial score (nSPS) is 17.4. The molecule has 2 aromatic heterocycles. The molecule has 10 heteroatoms. The number of nitrogens with zero attached hydrogens (tertiary/aromatic N) is 4. The highest BCUT2D eigenvalue weighted by molar-refractivity contribution is 7.20. The lowest BCUT2D eigenvalue weighted by Crippen LogP contribution is -2.43. The first-order chi connectivity index (χ1) is 15.2. The van der Waals surface area contributed by atoms with Crippen molar-refractivity contribution in [3.63, 3.8) is 0 Å². The average molecular weight is 479 g/mol. The van der Waals surface area contributed by atoms with Gasteiger partial charge in [0.1, 0.15) is 4.83 Å². The molecule has 1 amide bonds. The highest BCUT2D eigenvalue weighted by Crippen LogP contribution is 2.28. The number of fused-ring (bicyclic) bond motifs is 1. The summed E-state index contributed by atoms with van der Waals surface area (Å²) in [6.07, 6.45) is 2.04. The van der Waals surface area contributed by atoms with Crippen LogP contribution in [-0.4, -0.2) is 49.8 Å². The Balaban J connectivity index is 2.21. The maximum absolute atomic E-state index is 13.4. The van der Waals surface area contributed by atoms with Crippen LogP contribution >= 0.6 is 11.3 Å². The van der Waals surface area contributed by atoms with E-state index in [9.17, 15) is 19.5 Å². The Labute approximate surface area is 197 Å². The van der Waals surface area contributed by atoms with Gasteiger partial charge in [-0.15, -0.1) is 11.3 Å². The van der Waals surface area contributed by atoms with Gasteiger partial charge in [0, 0.05) is 13.2 Å². The number of hydrogen-bond acceptors (Lipinski definition) is 6. The van der Waals surface area contributed by atoms with Crippen molar-refractivity contribution in [2.45, 2.75) is 86.0 Å². The number of hydrogen-bond donors (Lipinski definition) is 1. The van der Waals surface area contributed by atoms with Gasteiger partial charge in [-0.25, -0.2) is 9.59 Å². The van der Waals surface area contributed by atoms with Gasteiger partial charge in [0.25, 0.3) is 5.56 Å². The Morgan fingerprint density at radius 3 is 2.42 bits per heavy atom. The number of hydrazone groups is 1. The zero-order valence-electron chi connectivity index (χ0n) is 20.5. The molecule has 0 aromatic carbocycles. The zero-order valence-corrected chi connectivity index (χ0v) is 21.3. The van der Waals surface area contributed by atoms with Gasteiger partial charge in [0.15, 0.2) is 0 Å². The molecule has 2 aromatic rings. The van der Waals surface area contributed by atoms with Gasteiger partial charge in [0.05, 0.1) is 34.7 Å². The number of ether oxygens (including phenoxy) is 1. The van der Waals surface area contributed by atoms with Crippen molar-refractivity contribution >= 4 is 33.9 Å². The molecule has 182 valence electrons. The lowest BCUT2D eigenvalue weighted by atomic mass is 9.97. The van der Waals surface area contributed by atoms with Gasteiger partial charge >= 0.3 is 11.8 Å². The van der Waals surface area contributed by atoms with Gasteiger partial charge in [-0.1, -0.05) is 20.8 Å². The van der Waals surface area contributed by atoms with E-state index in [1.165, 1.54) is 22.1 Å². The molecule has 1 aliphatic rings. The number of carbonyl (C=O) groups is 1. The fraction of sp³-hybridized carbons (Fsp3) is 0.652. The van der Waals surface area contributed by atoms with Crippen molar-refractivity contribution in [2.75, 3.05) is 6.61 Å². The Morgan fingerprint density at radius 1 is 1.24 bits per heavy atom. The zero-order chi connectivity index (χ0) is 24.7. The first-order valence-electron chi connectivity index (χ1n) is 11.2. The molecule has 0 spiro atoms. The van der Waals surface area contributed by atoms with Crippen LogP contribution in [0.5, 0.6) is 0 Å². The lowest BCUT2D eigenvalue weighted by Gasteiger charge is -2.27. The van der Waals surface area contributed by atoms with Crippen LogP contribution in [-0.2, 0) is 17.8 Å². The van der Waals surface area contributed by atoms with Crippen LogP contribution in [0, 0.1) is 12.3 Å². The molecule has 9 nitrogen and oxygen atoms in total. The molecule has 1 aliphatic heterocycles. The number of thiophene rings is 1. The maximum Gasteiger partial charge on any atom is 0.428 e. The van der Waals surface area contributed by atoms with E-state index in [1.807, 2.05) is 27.7 Å². The smallest absolute Gasteiger partial charge is 0.428 e. The minimum atomic E-state index is -1.17. The second-order valence-electron chi connectivity index (χ2n) is 10.8. The fourth-order valence-corrected chi connectivity index (χ4v) is 5.09. The molecule has 33 heavy (non-hydrogen) atoms. The summed E-state index contributed by atoms with van der Waals surface area (Å²) in [5.74, 6) is 0. The number of amides is 1. The molecule has 3 heterocycles. The predicted octanol–water partition coefficient (Wildman–Crippen LogP) is 3.87. The van der Waals surface area contributed by atoms with E-state index < -0.39 is 11.6 Å². The van der Waals surface area contributed by atoms with Crippen LogP contribution in [0.3, 0.4) is 0 Å². The van der Waals surface area contributed by atoms with Crippen LogP contribution in [0.4, 0.5) is 4.79 Å². The summed E-state index contributed by atoms with van der Waals surface area (Å²) >= 11 is 1.28.